The lowest BCUT2D eigenvalue weighted by Gasteiger charge is -2.14. The third-order valence-corrected chi connectivity index (χ3v) is 5.38. The van der Waals surface area contributed by atoms with Crippen LogP contribution in [0.4, 0.5) is 20.0 Å². The van der Waals surface area contributed by atoms with Crippen molar-refractivity contribution in [3.05, 3.63) is 65.6 Å². The fourth-order valence-corrected chi connectivity index (χ4v) is 3.70. The molecule has 3 amide bonds. The molecule has 0 aliphatic rings. The minimum Gasteiger partial charge on any atom is -0.490 e. The van der Waals surface area contributed by atoms with Gasteiger partial charge in [0.05, 0.1) is 17.8 Å². The predicted octanol–water partition coefficient (Wildman–Crippen LogP) is 4.39. The average molecular weight is 498 g/mol. The van der Waals surface area contributed by atoms with Gasteiger partial charge >= 0.3 is 6.03 Å². The van der Waals surface area contributed by atoms with Crippen molar-refractivity contribution >= 4 is 45.0 Å². The van der Waals surface area contributed by atoms with E-state index in [9.17, 15) is 14.0 Å². The number of nitrogens with zero attached hydrogens (tertiary/aromatic N) is 2. The van der Waals surface area contributed by atoms with Crippen molar-refractivity contribution < 1.29 is 28.2 Å². The standard InChI is InChI=1S/C23H20FN5O5S/c1-32-9-10-33-18-5-3-14-17(6-7-26-20(14)19(18)21(25)30)34-13-2-4-16(15(24)12-13)28-22(31)29-23-27-8-11-35-23/h2-8,11-12H,9-10H2,1H3,(H2,25,30)(H2,27,28,29,31). The minimum atomic E-state index is -0.717. The van der Waals surface area contributed by atoms with E-state index in [-0.39, 0.29) is 34.9 Å². The number of amides is 3. The molecule has 2 heterocycles. The molecule has 0 bridgehead atoms. The molecule has 10 nitrogen and oxygen atoms in total. The highest BCUT2D eigenvalue weighted by Crippen LogP contribution is 2.35. The van der Waals surface area contributed by atoms with Gasteiger partial charge in [-0.3, -0.25) is 15.1 Å². The summed E-state index contributed by atoms with van der Waals surface area (Å²) in [4.78, 5) is 32.4. The number of rotatable bonds is 9. The Labute approximate surface area is 202 Å². The van der Waals surface area contributed by atoms with Crippen molar-refractivity contribution in [1.82, 2.24) is 9.97 Å². The second-order valence-corrected chi connectivity index (χ2v) is 7.90. The number of carbonyl (C=O) groups excluding carboxylic acids is 2. The van der Waals surface area contributed by atoms with Crippen molar-refractivity contribution in [2.24, 2.45) is 5.73 Å². The lowest BCUT2D eigenvalue weighted by atomic mass is 10.1. The number of anilines is 2. The predicted molar refractivity (Wildman–Crippen MR) is 129 cm³/mol. The second-order valence-electron chi connectivity index (χ2n) is 7.01. The van der Waals surface area contributed by atoms with Gasteiger partial charge in [0.1, 0.15) is 35.2 Å². The smallest absolute Gasteiger partial charge is 0.325 e. The van der Waals surface area contributed by atoms with E-state index in [0.29, 0.717) is 22.9 Å². The largest absolute Gasteiger partial charge is 0.490 e. The molecule has 4 aromatic rings. The van der Waals surface area contributed by atoms with Crippen molar-refractivity contribution in [3.8, 4) is 17.2 Å². The number of pyridine rings is 1. The first-order chi connectivity index (χ1) is 17.0. The maximum absolute atomic E-state index is 14.6. The molecule has 0 fully saturated rings. The lowest BCUT2D eigenvalue weighted by molar-refractivity contribution is 0.0994. The van der Waals surface area contributed by atoms with Crippen LogP contribution in [0.3, 0.4) is 0 Å². The normalized spacial score (nSPS) is 10.7. The molecule has 0 saturated heterocycles. The molecule has 12 heteroatoms. The zero-order valence-electron chi connectivity index (χ0n) is 18.4. The van der Waals surface area contributed by atoms with Crippen molar-refractivity contribution in [2.75, 3.05) is 31.0 Å². The second kappa shape index (κ2) is 10.8. The first-order valence-corrected chi connectivity index (χ1v) is 11.1. The van der Waals surface area contributed by atoms with E-state index >= 15 is 0 Å². The third-order valence-electron chi connectivity index (χ3n) is 4.70. The molecule has 2 aromatic heterocycles. The topological polar surface area (TPSA) is 138 Å². The van der Waals surface area contributed by atoms with Crippen LogP contribution in [-0.4, -0.2) is 42.2 Å². The Hall–Kier alpha value is -4.29. The molecule has 4 rings (SSSR count). The maximum atomic E-state index is 14.6. The Morgan fingerprint density at radius 2 is 1.91 bits per heavy atom. The highest BCUT2D eigenvalue weighted by Gasteiger charge is 2.18. The summed E-state index contributed by atoms with van der Waals surface area (Å²) < 4.78 is 31.1. The van der Waals surface area contributed by atoms with E-state index in [1.54, 1.807) is 23.6 Å². The van der Waals surface area contributed by atoms with Gasteiger partial charge in [0, 0.05) is 36.3 Å². The first-order valence-electron chi connectivity index (χ1n) is 10.2. The van der Waals surface area contributed by atoms with E-state index in [4.69, 9.17) is 19.9 Å². The van der Waals surface area contributed by atoms with Crippen LogP contribution in [0.25, 0.3) is 10.9 Å². The molecule has 0 radical (unpaired) electrons. The quantitative estimate of drug-likeness (QED) is 0.292. The molecule has 0 aliphatic carbocycles. The molecule has 35 heavy (non-hydrogen) atoms. The number of hydrogen-bond donors (Lipinski definition) is 3. The number of thiazole rings is 1. The molecular formula is C23H20FN5O5S. The summed E-state index contributed by atoms with van der Waals surface area (Å²) in [5.74, 6) is -0.666. The highest BCUT2D eigenvalue weighted by atomic mass is 32.1. The van der Waals surface area contributed by atoms with Crippen LogP contribution in [0.5, 0.6) is 17.2 Å². The molecule has 4 N–H and O–H groups in total. The number of benzene rings is 2. The number of halogens is 1. The summed E-state index contributed by atoms with van der Waals surface area (Å²) in [5, 5.41) is 7.49. The number of fused-ring (bicyclic) bond motifs is 1. The molecule has 0 spiro atoms. The van der Waals surface area contributed by atoms with E-state index in [0.717, 1.165) is 6.07 Å². The van der Waals surface area contributed by atoms with Crippen LogP contribution in [0, 0.1) is 5.82 Å². The van der Waals surface area contributed by atoms with Gasteiger partial charge in [0.15, 0.2) is 5.13 Å². The van der Waals surface area contributed by atoms with Crippen molar-refractivity contribution in [1.29, 1.82) is 0 Å². The van der Waals surface area contributed by atoms with Gasteiger partial charge in [-0.05, 0) is 30.3 Å². The number of urea groups is 1. The monoisotopic (exact) mass is 497 g/mol. The summed E-state index contributed by atoms with van der Waals surface area (Å²) >= 11 is 1.23. The first kappa shape index (κ1) is 23.9. The number of nitrogens with two attached hydrogens (primary N) is 1. The minimum absolute atomic E-state index is 0.0418. The molecular weight excluding hydrogens is 477 g/mol. The average Bonchev–Trinajstić information content (AvgIpc) is 3.33. The van der Waals surface area contributed by atoms with E-state index in [2.05, 4.69) is 20.6 Å². The van der Waals surface area contributed by atoms with Gasteiger partial charge in [0.2, 0.25) is 0 Å². The van der Waals surface area contributed by atoms with Crippen LogP contribution in [0.2, 0.25) is 0 Å². The van der Waals surface area contributed by atoms with Gasteiger partial charge < -0.3 is 25.3 Å². The molecule has 180 valence electrons. The van der Waals surface area contributed by atoms with Crippen molar-refractivity contribution in [3.63, 3.8) is 0 Å². The van der Waals surface area contributed by atoms with Gasteiger partial charge in [-0.1, -0.05) is 0 Å². The number of ether oxygens (including phenoxy) is 3. The summed E-state index contributed by atoms with van der Waals surface area (Å²) in [6.07, 6.45) is 2.98. The Kier molecular flexibility index (Phi) is 7.33. The van der Waals surface area contributed by atoms with Gasteiger partial charge in [-0.25, -0.2) is 14.2 Å². The number of aromatic nitrogens is 2. The summed E-state index contributed by atoms with van der Waals surface area (Å²) in [6, 6.07) is 8.18. The molecule has 0 unspecified atom stereocenters. The van der Waals surface area contributed by atoms with Gasteiger partial charge in [0.25, 0.3) is 5.91 Å². The van der Waals surface area contributed by atoms with E-state index in [1.165, 1.54) is 43.0 Å². The Bertz CT molecular complexity index is 1370. The fourth-order valence-electron chi connectivity index (χ4n) is 3.18. The number of primary amides is 1. The fraction of sp³-hybridized carbons (Fsp3) is 0.130. The zero-order valence-corrected chi connectivity index (χ0v) is 19.2. The summed E-state index contributed by atoms with van der Waals surface area (Å²) in [7, 11) is 1.53. The van der Waals surface area contributed by atoms with E-state index in [1.807, 2.05) is 0 Å². The number of nitrogens with one attached hydrogen (secondary N) is 2. The van der Waals surface area contributed by atoms with Crippen LogP contribution in [0.1, 0.15) is 10.4 Å². The lowest BCUT2D eigenvalue weighted by Crippen LogP contribution is -2.19. The van der Waals surface area contributed by atoms with Crippen LogP contribution in [0.15, 0.2) is 54.2 Å². The van der Waals surface area contributed by atoms with Crippen LogP contribution in [-0.2, 0) is 4.74 Å². The zero-order chi connectivity index (χ0) is 24.8. The summed E-state index contributed by atoms with van der Waals surface area (Å²) in [6.45, 7) is 0.551. The van der Waals surface area contributed by atoms with Gasteiger partial charge in [-0.15, -0.1) is 11.3 Å². The maximum Gasteiger partial charge on any atom is 0.325 e. The summed E-state index contributed by atoms with van der Waals surface area (Å²) in [5.41, 5.74) is 5.92. The van der Waals surface area contributed by atoms with Gasteiger partial charge in [-0.2, -0.15) is 0 Å². The van der Waals surface area contributed by atoms with Crippen LogP contribution < -0.4 is 25.8 Å². The van der Waals surface area contributed by atoms with Crippen molar-refractivity contribution in [2.45, 2.75) is 0 Å². The molecule has 0 saturated carbocycles. The SMILES string of the molecule is COCCOc1ccc2c(Oc3ccc(NC(=O)Nc4nccs4)c(F)c3)ccnc2c1C(N)=O. The molecule has 0 aliphatic heterocycles. The molecule has 0 atom stereocenters. The van der Waals surface area contributed by atoms with E-state index < -0.39 is 17.8 Å². The highest BCUT2D eigenvalue weighted by molar-refractivity contribution is 7.13. The third kappa shape index (κ3) is 5.62. The number of methoxy groups -OCH3 is 1. The Balaban J connectivity index is 1.56. The van der Waals surface area contributed by atoms with Crippen LogP contribution >= 0.6 is 11.3 Å². The number of carbonyl (C=O) groups is 2. The number of hydrogen-bond acceptors (Lipinski definition) is 8. The Morgan fingerprint density at radius 3 is 2.63 bits per heavy atom. The molecule has 2 aromatic carbocycles. The Morgan fingerprint density at radius 1 is 1.06 bits per heavy atom.